The molecule has 0 aliphatic rings. The number of hydrogen-bond donors (Lipinski definition) is 0. The molecule has 1 aromatic rings. The molecule has 0 bridgehead atoms. The van der Waals surface area contributed by atoms with Gasteiger partial charge in [-0.25, -0.2) is 13.2 Å². The quantitative estimate of drug-likeness (QED) is 0.338. The lowest BCUT2D eigenvalue weighted by Gasteiger charge is -2.11. The third-order valence-electron chi connectivity index (χ3n) is 2.11. The molecule has 0 N–H and O–H groups in total. The lowest BCUT2D eigenvalue weighted by molar-refractivity contribution is 0.0388. The van der Waals surface area contributed by atoms with Crippen molar-refractivity contribution in [1.82, 2.24) is 0 Å². The molecule has 0 aliphatic carbocycles. The SMILES string of the molecule is COCCOC(=O)c1c(Cl)c(Cl)cc(S(=O)(=O)Cl)c1Cl. The van der Waals surface area contributed by atoms with Crippen LogP contribution in [-0.2, 0) is 18.5 Å². The van der Waals surface area contributed by atoms with Crippen LogP contribution in [0.1, 0.15) is 10.4 Å². The van der Waals surface area contributed by atoms with Crippen molar-refractivity contribution in [3.05, 3.63) is 26.7 Å². The normalized spacial score (nSPS) is 11.4. The molecule has 5 nitrogen and oxygen atoms in total. The van der Waals surface area contributed by atoms with Gasteiger partial charge >= 0.3 is 5.97 Å². The molecule has 0 heterocycles. The second-order valence-electron chi connectivity index (χ2n) is 3.43. The Morgan fingerprint density at radius 3 is 2.30 bits per heavy atom. The zero-order valence-electron chi connectivity index (χ0n) is 9.95. The topological polar surface area (TPSA) is 69.7 Å². The van der Waals surface area contributed by atoms with Gasteiger partial charge in [0.1, 0.15) is 11.5 Å². The van der Waals surface area contributed by atoms with Gasteiger partial charge in [-0.2, -0.15) is 0 Å². The van der Waals surface area contributed by atoms with Crippen molar-refractivity contribution in [3.8, 4) is 0 Å². The molecule has 112 valence electrons. The molecule has 0 amide bonds. The third-order valence-corrected chi connectivity index (χ3v) is 4.75. The number of hydrogen-bond acceptors (Lipinski definition) is 5. The highest BCUT2D eigenvalue weighted by atomic mass is 35.7. The molecule has 0 aliphatic heterocycles. The van der Waals surface area contributed by atoms with E-state index in [-0.39, 0.29) is 28.8 Å². The van der Waals surface area contributed by atoms with Crippen molar-refractivity contribution in [1.29, 1.82) is 0 Å². The Bertz CT molecular complexity index is 629. The van der Waals surface area contributed by atoms with E-state index in [9.17, 15) is 13.2 Å². The predicted octanol–water partition coefficient (Wildman–Crippen LogP) is 3.38. The molecule has 1 rings (SSSR count). The number of carbonyl (C=O) groups is 1. The van der Waals surface area contributed by atoms with Crippen molar-refractivity contribution >= 4 is 60.5 Å². The van der Waals surface area contributed by atoms with Gasteiger partial charge in [0, 0.05) is 17.8 Å². The Hall–Kier alpha value is -0.240. The first kappa shape index (κ1) is 17.8. The molecule has 0 saturated carbocycles. The van der Waals surface area contributed by atoms with Crippen LogP contribution >= 0.6 is 45.5 Å². The van der Waals surface area contributed by atoms with Gasteiger partial charge in [0.15, 0.2) is 0 Å². The van der Waals surface area contributed by atoms with Crippen LogP contribution in [0.3, 0.4) is 0 Å². The minimum Gasteiger partial charge on any atom is -0.460 e. The molecule has 1 aromatic carbocycles. The first-order chi connectivity index (χ1) is 9.20. The summed E-state index contributed by atoms with van der Waals surface area (Å²) in [5.74, 6) is -0.930. The fourth-order valence-electron chi connectivity index (χ4n) is 1.23. The summed E-state index contributed by atoms with van der Waals surface area (Å²) in [5, 5.41) is -0.853. The zero-order chi connectivity index (χ0) is 15.5. The van der Waals surface area contributed by atoms with Gasteiger partial charge in [-0.1, -0.05) is 34.8 Å². The smallest absolute Gasteiger partial charge is 0.341 e. The van der Waals surface area contributed by atoms with Gasteiger partial charge in [-0.05, 0) is 6.07 Å². The van der Waals surface area contributed by atoms with Crippen molar-refractivity contribution < 1.29 is 22.7 Å². The van der Waals surface area contributed by atoms with E-state index in [2.05, 4.69) is 0 Å². The Balaban J connectivity index is 3.32. The number of esters is 1. The van der Waals surface area contributed by atoms with E-state index < -0.39 is 24.9 Å². The number of ether oxygens (including phenoxy) is 2. The van der Waals surface area contributed by atoms with Crippen molar-refractivity contribution in [2.45, 2.75) is 4.90 Å². The number of halogens is 4. The summed E-state index contributed by atoms with van der Waals surface area (Å²) >= 11 is 17.4. The van der Waals surface area contributed by atoms with Crippen LogP contribution in [0, 0.1) is 0 Å². The Labute approximate surface area is 135 Å². The van der Waals surface area contributed by atoms with Crippen LogP contribution in [0.4, 0.5) is 0 Å². The highest BCUT2D eigenvalue weighted by Gasteiger charge is 2.27. The van der Waals surface area contributed by atoms with Crippen LogP contribution < -0.4 is 0 Å². The Kier molecular flexibility index (Phi) is 6.37. The number of benzene rings is 1. The van der Waals surface area contributed by atoms with Gasteiger partial charge in [-0.15, -0.1) is 0 Å². The van der Waals surface area contributed by atoms with Gasteiger partial charge in [-0.3, -0.25) is 0 Å². The van der Waals surface area contributed by atoms with Gasteiger partial charge in [0.25, 0.3) is 9.05 Å². The average molecular weight is 382 g/mol. The van der Waals surface area contributed by atoms with Gasteiger partial charge in [0.2, 0.25) is 0 Å². The summed E-state index contributed by atoms with van der Waals surface area (Å²) in [7, 11) is 2.44. The third kappa shape index (κ3) is 4.13. The molecule has 10 heteroatoms. The number of carbonyl (C=O) groups excluding carboxylic acids is 1. The van der Waals surface area contributed by atoms with Crippen LogP contribution in [0.25, 0.3) is 0 Å². The Morgan fingerprint density at radius 2 is 1.80 bits per heavy atom. The number of methoxy groups -OCH3 is 1. The van der Waals surface area contributed by atoms with E-state index in [1.807, 2.05) is 0 Å². The summed E-state index contributed by atoms with van der Waals surface area (Å²) in [4.78, 5) is 11.3. The molecular weight excluding hydrogens is 374 g/mol. The van der Waals surface area contributed by atoms with E-state index in [0.29, 0.717) is 0 Å². The van der Waals surface area contributed by atoms with E-state index in [0.717, 1.165) is 6.07 Å². The van der Waals surface area contributed by atoms with Crippen molar-refractivity contribution in [2.75, 3.05) is 20.3 Å². The molecule has 0 spiro atoms. The van der Waals surface area contributed by atoms with E-state index >= 15 is 0 Å². The number of rotatable bonds is 5. The first-order valence-electron chi connectivity index (χ1n) is 4.98. The Morgan fingerprint density at radius 1 is 1.20 bits per heavy atom. The lowest BCUT2D eigenvalue weighted by atomic mass is 10.2. The molecule has 0 radical (unpaired) electrons. The minimum absolute atomic E-state index is 0.0581. The van der Waals surface area contributed by atoms with E-state index in [1.165, 1.54) is 7.11 Å². The maximum Gasteiger partial charge on any atom is 0.341 e. The molecule has 20 heavy (non-hydrogen) atoms. The molecule has 0 aromatic heterocycles. The van der Waals surface area contributed by atoms with Crippen molar-refractivity contribution in [2.24, 2.45) is 0 Å². The van der Waals surface area contributed by atoms with Crippen LogP contribution in [-0.4, -0.2) is 34.7 Å². The van der Waals surface area contributed by atoms with E-state index in [1.54, 1.807) is 0 Å². The second kappa shape index (κ2) is 7.15. The minimum atomic E-state index is -4.19. The second-order valence-corrected chi connectivity index (χ2v) is 7.12. The standard InChI is InChI=1S/C10H8Cl4O5S/c1-18-2-3-19-10(15)7-8(12)5(11)4-6(9(7)13)20(14,16)17/h4H,2-3H2,1H3. The summed E-state index contributed by atoms with van der Waals surface area (Å²) in [6.07, 6.45) is 0. The maximum absolute atomic E-state index is 11.8. The largest absolute Gasteiger partial charge is 0.460 e. The lowest BCUT2D eigenvalue weighted by Crippen LogP contribution is -2.12. The fourth-order valence-corrected chi connectivity index (χ4v) is 3.36. The summed E-state index contributed by atoms with van der Waals surface area (Å²) in [6, 6.07) is 0.959. The molecule has 0 atom stereocenters. The molecule has 0 saturated heterocycles. The summed E-state index contributed by atoms with van der Waals surface area (Å²) in [5.41, 5.74) is -0.365. The highest BCUT2D eigenvalue weighted by Crippen LogP contribution is 2.38. The first-order valence-corrected chi connectivity index (χ1v) is 8.42. The predicted molar refractivity (Wildman–Crippen MR) is 76.7 cm³/mol. The summed E-state index contributed by atoms with van der Waals surface area (Å²) < 4.78 is 32.2. The van der Waals surface area contributed by atoms with Crippen LogP contribution in [0.15, 0.2) is 11.0 Å². The van der Waals surface area contributed by atoms with Crippen LogP contribution in [0.5, 0.6) is 0 Å². The maximum atomic E-state index is 11.8. The van der Waals surface area contributed by atoms with Crippen molar-refractivity contribution in [3.63, 3.8) is 0 Å². The van der Waals surface area contributed by atoms with Crippen LogP contribution in [0.2, 0.25) is 15.1 Å². The van der Waals surface area contributed by atoms with Gasteiger partial charge < -0.3 is 9.47 Å². The molecule has 0 fully saturated rings. The average Bonchev–Trinajstić information content (AvgIpc) is 2.33. The van der Waals surface area contributed by atoms with E-state index in [4.69, 9.17) is 55.0 Å². The monoisotopic (exact) mass is 380 g/mol. The zero-order valence-corrected chi connectivity index (χ0v) is 13.8. The molecular formula is C10H8Cl4O5S. The van der Waals surface area contributed by atoms with Gasteiger partial charge in [0.05, 0.1) is 27.2 Å². The summed E-state index contributed by atoms with van der Waals surface area (Å²) in [6.45, 7) is 0.0969. The fraction of sp³-hybridized carbons (Fsp3) is 0.300. The highest BCUT2D eigenvalue weighted by molar-refractivity contribution is 8.13. The molecule has 0 unspecified atom stereocenters.